The maximum Gasteiger partial charge on any atom is 0.270 e. The quantitative estimate of drug-likeness (QED) is 0.797. The van der Waals surface area contributed by atoms with E-state index in [2.05, 4.69) is 15.6 Å². The van der Waals surface area contributed by atoms with Gasteiger partial charge in [-0.15, -0.1) is 0 Å². The van der Waals surface area contributed by atoms with E-state index in [0.29, 0.717) is 13.1 Å². The largest absolute Gasteiger partial charge is 0.349 e. The Kier molecular flexibility index (Phi) is 6.59. The first-order valence-corrected chi connectivity index (χ1v) is 7.88. The number of pyridine rings is 1. The Balaban J connectivity index is 1.93. The Morgan fingerprint density at radius 1 is 1.00 bits per heavy atom. The summed E-state index contributed by atoms with van der Waals surface area (Å²) in [6.45, 7) is 1.46. The van der Waals surface area contributed by atoms with E-state index in [9.17, 15) is 14.0 Å². The number of halogens is 1. The fraction of sp³-hybridized carbons (Fsp3) is 0.278. The molecule has 25 heavy (non-hydrogen) atoms. The Morgan fingerprint density at radius 3 is 2.20 bits per heavy atom. The van der Waals surface area contributed by atoms with Gasteiger partial charge in [0.05, 0.1) is 0 Å². The van der Waals surface area contributed by atoms with Crippen molar-refractivity contribution in [1.82, 2.24) is 20.5 Å². The minimum Gasteiger partial charge on any atom is -0.349 e. The van der Waals surface area contributed by atoms with Crippen molar-refractivity contribution < 1.29 is 14.0 Å². The number of nitrogens with one attached hydrogen (secondary N) is 2. The van der Waals surface area contributed by atoms with Crippen LogP contribution >= 0.6 is 0 Å². The zero-order valence-electron chi connectivity index (χ0n) is 14.3. The highest BCUT2D eigenvalue weighted by atomic mass is 19.1. The smallest absolute Gasteiger partial charge is 0.270 e. The average Bonchev–Trinajstić information content (AvgIpc) is 2.60. The summed E-state index contributed by atoms with van der Waals surface area (Å²) in [5, 5.41) is 5.45. The first-order chi connectivity index (χ1) is 12.0. The molecule has 0 spiro atoms. The topological polar surface area (TPSA) is 74.3 Å². The van der Waals surface area contributed by atoms with Gasteiger partial charge in [0.25, 0.3) is 11.8 Å². The summed E-state index contributed by atoms with van der Waals surface area (Å²) >= 11 is 0. The van der Waals surface area contributed by atoms with Crippen LogP contribution in [0.4, 0.5) is 4.39 Å². The van der Waals surface area contributed by atoms with Crippen LogP contribution in [-0.4, -0.2) is 48.9 Å². The highest BCUT2D eigenvalue weighted by Crippen LogP contribution is 2.04. The molecule has 0 unspecified atom stereocenters. The predicted octanol–water partition coefficient (Wildman–Crippen LogP) is 1.44. The SMILES string of the molecule is CN(C)CCNC(=O)c1cccc(C(=O)NCc2ccc(F)cc2)n1. The van der Waals surface area contributed by atoms with E-state index >= 15 is 0 Å². The van der Waals surface area contributed by atoms with Crippen LogP contribution in [0.1, 0.15) is 26.5 Å². The molecular weight excluding hydrogens is 323 g/mol. The third kappa shape index (κ3) is 5.96. The van der Waals surface area contributed by atoms with Crippen LogP contribution in [0, 0.1) is 5.82 Å². The van der Waals surface area contributed by atoms with Gasteiger partial charge in [0.15, 0.2) is 0 Å². The molecule has 0 saturated carbocycles. The van der Waals surface area contributed by atoms with Crippen molar-refractivity contribution in [3.8, 4) is 0 Å². The number of rotatable bonds is 7. The second-order valence-electron chi connectivity index (χ2n) is 5.78. The summed E-state index contributed by atoms with van der Waals surface area (Å²) in [6, 6.07) is 10.6. The van der Waals surface area contributed by atoms with E-state index in [-0.39, 0.29) is 29.7 Å². The standard InChI is InChI=1S/C18H21FN4O2/c1-23(2)11-10-20-17(24)15-4-3-5-16(22-15)18(25)21-12-13-6-8-14(19)9-7-13/h3-9H,10-12H2,1-2H3,(H,20,24)(H,21,25). The maximum atomic E-state index is 12.9. The number of aromatic nitrogens is 1. The van der Waals surface area contributed by atoms with E-state index in [0.717, 1.165) is 5.56 Å². The fourth-order valence-corrected chi connectivity index (χ4v) is 2.05. The summed E-state index contributed by atoms with van der Waals surface area (Å²) in [7, 11) is 3.83. The van der Waals surface area contributed by atoms with E-state index in [4.69, 9.17) is 0 Å². The molecule has 0 aliphatic carbocycles. The van der Waals surface area contributed by atoms with Crippen LogP contribution in [0.15, 0.2) is 42.5 Å². The minimum absolute atomic E-state index is 0.155. The highest BCUT2D eigenvalue weighted by Gasteiger charge is 2.12. The van der Waals surface area contributed by atoms with E-state index in [1.807, 2.05) is 19.0 Å². The fourth-order valence-electron chi connectivity index (χ4n) is 2.05. The lowest BCUT2D eigenvalue weighted by molar-refractivity contribution is 0.0941. The summed E-state index contributed by atoms with van der Waals surface area (Å²) in [6.07, 6.45) is 0. The number of hydrogen-bond acceptors (Lipinski definition) is 4. The molecule has 1 aromatic heterocycles. The van der Waals surface area contributed by atoms with Crippen LogP contribution in [0.3, 0.4) is 0 Å². The molecule has 1 aromatic carbocycles. The van der Waals surface area contributed by atoms with E-state index in [1.165, 1.54) is 18.2 Å². The van der Waals surface area contributed by atoms with Gasteiger partial charge in [-0.05, 0) is 43.9 Å². The van der Waals surface area contributed by atoms with Gasteiger partial charge >= 0.3 is 0 Å². The van der Waals surface area contributed by atoms with Crippen LogP contribution < -0.4 is 10.6 Å². The van der Waals surface area contributed by atoms with Crippen molar-refractivity contribution in [2.45, 2.75) is 6.54 Å². The van der Waals surface area contributed by atoms with Gasteiger partial charge in [-0.25, -0.2) is 9.37 Å². The Bertz CT molecular complexity index is 732. The lowest BCUT2D eigenvalue weighted by Gasteiger charge is -2.10. The van der Waals surface area contributed by atoms with Crippen LogP contribution in [-0.2, 0) is 6.54 Å². The zero-order chi connectivity index (χ0) is 18.2. The monoisotopic (exact) mass is 344 g/mol. The number of hydrogen-bond donors (Lipinski definition) is 2. The van der Waals surface area contributed by atoms with Crippen molar-refractivity contribution in [2.24, 2.45) is 0 Å². The highest BCUT2D eigenvalue weighted by molar-refractivity contribution is 5.96. The number of benzene rings is 1. The predicted molar refractivity (Wildman–Crippen MR) is 92.7 cm³/mol. The second kappa shape index (κ2) is 8.89. The lowest BCUT2D eigenvalue weighted by atomic mass is 10.2. The molecule has 6 nitrogen and oxygen atoms in total. The third-order valence-electron chi connectivity index (χ3n) is 3.43. The number of carbonyl (C=O) groups is 2. The third-order valence-corrected chi connectivity index (χ3v) is 3.43. The van der Waals surface area contributed by atoms with Gasteiger partial charge in [0, 0.05) is 19.6 Å². The summed E-state index contributed by atoms with van der Waals surface area (Å²) in [4.78, 5) is 30.3. The van der Waals surface area contributed by atoms with Gasteiger partial charge in [-0.1, -0.05) is 18.2 Å². The molecule has 0 fully saturated rings. The normalized spacial score (nSPS) is 10.6. The van der Waals surface area contributed by atoms with Crippen molar-refractivity contribution >= 4 is 11.8 Å². The first-order valence-electron chi connectivity index (χ1n) is 7.88. The molecule has 0 bridgehead atoms. The van der Waals surface area contributed by atoms with Gasteiger partial charge < -0.3 is 15.5 Å². The lowest BCUT2D eigenvalue weighted by Crippen LogP contribution is -2.32. The zero-order valence-corrected chi connectivity index (χ0v) is 14.3. The number of carbonyl (C=O) groups excluding carboxylic acids is 2. The Labute approximate surface area is 146 Å². The molecule has 0 aliphatic heterocycles. The van der Waals surface area contributed by atoms with Crippen molar-refractivity contribution in [3.63, 3.8) is 0 Å². The van der Waals surface area contributed by atoms with E-state index in [1.54, 1.807) is 24.3 Å². The van der Waals surface area contributed by atoms with E-state index < -0.39 is 5.91 Å². The molecule has 0 saturated heterocycles. The van der Waals surface area contributed by atoms with Gasteiger partial charge in [-0.2, -0.15) is 0 Å². The molecule has 2 amide bonds. The van der Waals surface area contributed by atoms with Crippen LogP contribution in [0.5, 0.6) is 0 Å². The molecular formula is C18H21FN4O2. The molecule has 132 valence electrons. The Hall–Kier alpha value is -2.80. The van der Waals surface area contributed by atoms with Crippen molar-refractivity contribution in [2.75, 3.05) is 27.2 Å². The summed E-state index contributed by atoms with van der Waals surface area (Å²) in [5.74, 6) is -1.05. The van der Waals surface area contributed by atoms with Gasteiger partial charge in [0.2, 0.25) is 0 Å². The molecule has 0 aliphatic rings. The van der Waals surface area contributed by atoms with Gasteiger partial charge in [0.1, 0.15) is 17.2 Å². The molecule has 1 heterocycles. The van der Waals surface area contributed by atoms with Crippen LogP contribution in [0.2, 0.25) is 0 Å². The van der Waals surface area contributed by atoms with Crippen molar-refractivity contribution in [3.05, 3.63) is 65.2 Å². The molecule has 2 N–H and O–H groups in total. The number of likely N-dealkylation sites (N-methyl/N-ethyl adjacent to an activating group) is 1. The summed E-state index contributed by atoms with van der Waals surface area (Å²) < 4.78 is 12.9. The van der Waals surface area contributed by atoms with Crippen LogP contribution in [0.25, 0.3) is 0 Å². The molecule has 0 radical (unpaired) electrons. The molecule has 0 atom stereocenters. The molecule has 2 rings (SSSR count). The van der Waals surface area contributed by atoms with Gasteiger partial charge in [-0.3, -0.25) is 9.59 Å². The maximum absolute atomic E-state index is 12.9. The molecule has 7 heteroatoms. The minimum atomic E-state index is -0.396. The second-order valence-corrected chi connectivity index (χ2v) is 5.78. The van der Waals surface area contributed by atoms with Crippen molar-refractivity contribution in [1.29, 1.82) is 0 Å². The summed E-state index contributed by atoms with van der Waals surface area (Å²) in [5.41, 5.74) is 1.11. The molecule has 2 aromatic rings. The number of nitrogens with zero attached hydrogens (tertiary/aromatic N) is 2. The Morgan fingerprint density at radius 2 is 1.60 bits per heavy atom. The first kappa shape index (κ1) is 18.5. The number of amides is 2. The average molecular weight is 344 g/mol.